The average Bonchev–Trinajstić information content (AvgIpc) is 2.01. The molecule has 0 aromatic carbocycles. The molecule has 0 saturated carbocycles. The zero-order valence-corrected chi connectivity index (χ0v) is 7.40. The summed E-state index contributed by atoms with van der Waals surface area (Å²) in [7, 11) is 0. The fourth-order valence-electron chi connectivity index (χ4n) is 0.449. The lowest BCUT2D eigenvalue weighted by molar-refractivity contribution is 0.100. The molecule has 1 unspecified atom stereocenters. The van der Waals surface area contributed by atoms with Crippen LogP contribution in [-0.2, 0) is 14.3 Å². The Balaban J connectivity index is 3.08. The number of hydrogen-bond donors (Lipinski definition) is 0. The lowest BCUT2D eigenvalue weighted by Crippen LogP contribution is -2.10. The Bertz CT molecular complexity index is 99.8. The van der Waals surface area contributed by atoms with E-state index in [4.69, 9.17) is 27.9 Å². The van der Waals surface area contributed by atoms with Gasteiger partial charge in [-0.3, -0.25) is 0 Å². The summed E-state index contributed by atoms with van der Waals surface area (Å²) in [6.07, 6.45) is 0.452. The summed E-state index contributed by atoms with van der Waals surface area (Å²) in [5.41, 5.74) is -0.443. The molecule has 65 valence electrons. The van der Waals surface area contributed by atoms with Gasteiger partial charge in [-0.25, -0.2) is 4.79 Å². The third-order valence-electron chi connectivity index (χ3n) is 0.882. The van der Waals surface area contributed by atoms with E-state index < -0.39 is 5.56 Å². The van der Waals surface area contributed by atoms with E-state index in [1.165, 1.54) is 6.47 Å². The minimum atomic E-state index is -0.443. The van der Waals surface area contributed by atoms with Crippen LogP contribution in [0.5, 0.6) is 0 Å². The molecule has 0 heterocycles. The Morgan fingerprint density at radius 1 is 1.45 bits per heavy atom. The van der Waals surface area contributed by atoms with Crippen molar-refractivity contribution in [1.29, 1.82) is 0 Å². The van der Waals surface area contributed by atoms with E-state index in [2.05, 4.69) is 4.74 Å². The highest BCUT2D eigenvalue weighted by molar-refractivity contribution is 6.19. The predicted molar refractivity (Wildman–Crippen MR) is 42.6 cm³/mol. The van der Waals surface area contributed by atoms with Crippen LogP contribution in [0.3, 0.4) is 0 Å². The Morgan fingerprint density at radius 2 is 2.18 bits per heavy atom. The van der Waals surface area contributed by atoms with Crippen LogP contribution in [0.1, 0.15) is 6.42 Å². The van der Waals surface area contributed by atoms with Crippen LogP contribution in [0.2, 0.25) is 0 Å². The van der Waals surface area contributed by atoms with E-state index in [-0.39, 0.29) is 6.61 Å². The molecule has 0 saturated heterocycles. The first kappa shape index (κ1) is 11.0. The first-order valence-corrected chi connectivity index (χ1v) is 4.09. The molecule has 0 aliphatic heterocycles. The summed E-state index contributed by atoms with van der Waals surface area (Å²) in [6.45, 7) is 1.91. The maximum Gasteiger partial charge on any atom is 0.417 e. The number of rotatable bonds is 7. The molecule has 0 bridgehead atoms. The van der Waals surface area contributed by atoms with Crippen LogP contribution >= 0.6 is 23.2 Å². The number of hydrogen-bond acceptors (Lipinski definition) is 3. The van der Waals surface area contributed by atoms with E-state index >= 15 is 0 Å². The molecule has 0 amide bonds. The van der Waals surface area contributed by atoms with Crippen LogP contribution in [0, 0.1) is 0 Å². The SMILES string of the molecule is O=[C]OCCC(Cl)OCCCl. The van der Waals surface area contributed by atoms with Crippen molar-refractivity contribution < 1.29 is 14.3 Å². The molecular weight excluding hydrogens is 191 g/mol. The first-order valence-electron chi connectivity index (χ1n) is 3.12. The van der Waals surface area contributed by atoms with Gasteiger partial charge >= 0.3 is 6.47 Å². The average molecular weight is 200 g/mol. The zero-order chi connectivity index (χ0) is 8.53. The third kappa shape index (κ3) is 7.91. The molecule has 0 aliphatic carbocycles. The van der Waals surface area contributed by atoms with Crippen molar-refractivity contribution >= 4 is 29.7 Å². The van der Waals surface area contributed by atoms with Crippen molar-refractivity contribution in [3.05, 3.63) is 0 Å². The van der Waals surface area contributed by atoms with Crippen LogP contribution in [0.4, 0.5) is 0 Å². The summed E-state index contributed by atoms with van der Waals surface area (Å²) in [5, 5.41) is 0. The van der Waals surface area contributed by atoms with Gasteiger partial charge in [-0.1, -0.05) is 11.6 Å². The van der Waals surface area contributed by atoms with Crippen molar-refractivity contribution in [1.82, 2.24) is 0 Å². The Kier molecular flexibility index (Phi) is 8.12. The van der Waals surface area contributed by atoms with Crippen LogP contribution < -0.4 is 0 Å². The molecule has 1 radical (unpaired) electrons. The van der Waals surface area contributed by atoms with E-state index in [1.807, 2.05) is 0 Å². The Morgan fingerprint density at radius 3 is 2.73 bits per heavy atom. The Labute approximate surface area is 75.6 Å². The van der Waals surface area contributed by atoms with Gasteiger partial charge in [-0.15, -0.1) is 11.6 Å². The molecule has 0 rings (SSSR count). The quantitative estimate of drug-likeness (QED) is 0.458. The summed E-state index contributed by atoms with van der Waals surface area (Å²) in [4.78, 5) is 9.55. The molecule has 0 N–H and O–H groups in total. The minimum absolute atomic E-state index is 0.222. The third-order valence-corrected chi connectivity index (χ3v) is 1.38. The summed E-state index contributed by atoms with van der Waals surface area (Å²) >= 11 is 10.9. The van der Waals surface area contributed by atoms with E-state index in [1.54, 1.807) is 0 Å². The van der Waals surface area contributed by atoms with Gasteiger partial charge in [0, 0.05) is 12.3 Å². The summed E-state index contributed by atoms with van der Waals surface area (Å²) in [5.74, 6) is 0.407. The minimum Gasteiger partial charge on any atom is -0.457 e. The maximum atomic E-state index is 9.55. The first-order chi connectivity index (χ1) is 5.31. The van der Waals surface area contributed by atoms with Gasteiger partial charge in [0.25, 0.3) is 0 Å². The zero-order valence-electron chi connectivity index (χ0n) is 5.89. The fourth-order valence-corrected chi connectivity index (χ4v) is 0.716. The van der Waals surface area contributed by atoms with E-state index in [9.17, 15) is 4.79 Å². The second kappa shape index (κ2) is 8.11. The van der Waals surface area contributed by atoms with Crippen molar-refractivity contribution in [3.8, 4) is 0 Å². The van der Waals surface area contributed by atoms with Crippen molar-refractivity contribution in [3.63, 3.8) is 0 Å². The molecule has 11 heavy (non-hydrogen) atoms. The molecule has 3 nitrogen and oxygen atoms in total. The normalized spacial score (nSPS) is 12.5. The molecule has 5 heteroatoms. The highest BCUT2D eigenvalue weighted by atomic mass is 35.5. The fraction of sp³-hybridized carbons (Fsp3) is 0.833. The smallest absolute Gasteiger partial charge is 0.417 e. The molecule has 0 aliphatic rings. The van der Waals surface area contributed by atoms with Crippen LogP contribution in [-0.4, -0.2) is 31.1 Å². The maximum absolute atomic E-state index is 9.55. The van der Waals surface area contributed by atoms with Crippen molar-refractivity contribution in [2.45, 2.75) is 12.0 Å². The molecule has 0 aromatic heterocycles. The van der Waals surface area contributed by atoms with E-state index in [0.717, 1.165) is 0 Å². The van der Waals surface area contributed by atoms with E-state index in [0.29, 0.717) is 18.9 Å². The van der Waals surface area contributed by atoms with Gasteiger partial charge in [-0.2, -0.15) is 0 Å². The van der Waals surface area contributed by atoms with Gasteiger partial charge in [0.05, 0.1) is 13.2 Å². The molecule has 1 atom stereocenters. The van der Waals surface area contributed by atoms with Crippen LogP contribution in [0.25, 0.3) is 0 Å². The van der Waals surface area contributed by atoms with Crippen molar-refractivity contribution in [2.75, 3.05) is 19.1 Å². The molecule has 0 aromatic rings. The standard InChI is InChI=1S/C6H9Cl2O3/c7-2-4-11-6(8)1-3-10-5-9/h6H,1-4H2. The monoisotopic (exact) mass is 199 g/mol. The predicted octanol–water partition coefficient (Wildman–Crippen LogP) is 1.28. The summed E-state index contributed by atoms with van der Waals surface area (Å²) in [6, 6.07) is 0. The lowest BCUT2D eigenvalue weighted by Gasteiger charge is -2.07. The largest absolute Gasteiger partial charge is 0.457 e. The highest BCUT2D eigenvalue weighted by Gasteiger charge is 2.03. The number of carbonyl (C=O) groups excluding carboxylic acids is 1. The second-order valence-electron chi connectivity index (χ2n) is 1.69. The lowest BCUT2D eigenvalue weighted by atomic mass is 10.5. The van der Waals surface area contributed by atoms with Gasteiger partial charge in [0.2, 0.25) is 0 Å². The number of halogens is 2. The summed E-state index contributed by atoms with van der Waals surface area (Å²) < 4.78 is 9.24. The van der Waals surface area contributed by atoms with Crippen LogP contribution in [0.15, 0.2) is 0 Å². The molecule has 0 spiro atoms. The topological polar surface area (TPSA) is 35.5 Å². The van der Waals surface area contributed by atoms with Gasteiger partial charge in [0.1, 0.15) is 5.56 Å². The highest BCUT2D eigenvalue weighted by Crippen LogP contribution is 2.03. The van der Waals surface area contributed by atoms with Gasteiger partial charge < -0.3 is 9.47 Å². The molecular formula is C6H9Cl2O3. The number of ether oxygens (including phenoxy) is 2. The van der Waals surface area contributed by atoms with Gasteiger partial charge in [-0.05, 0) is 0 Å². The number of alkyl halides is 2. The van der Waals surface area contributed by atoms with Gasteiger partial charge in [0.15, 0.2) is 0 Å². The second-order valence-corrected chi connectivity index (χ2v) is 2.56. The molecule has 0 fully saturated rings. The van der Waals surface area contributed by atoms with Crippen molar-refractivity contribution in [2.24, 2.45) is 0 Å². The Hall–Kier alpha value is 0.01000.